The van der Waals surface area contributed by atoms with Crippen molar-refractivity contribution in [2.45, 2.75) is 19.3 Å². The summed E-state index contributed by atoms with van der Waals surface area (Å²) in [4.78, 5) is 2.59. The summed E-state index contributed by atoms with van der Waals surface area (Å²) in [6.07, 6.45) is 6.49. The van der Waals surface area contributed by atoms with Crippen molar-refractivity contribution < 1.29 is 0 Å². The van der Waals surface area contributed by atoms with Crippen LogP contribution in [0.3, 0.4) is 0 Å². The van der Waals surface area contributed by atoms with Crippen molar-refractivity contribution in [2.24, 2.45) is 5.92 Å². The summed E-state index contributed by atoms with van der Waals surface area (Å²) in [5.41, 5.74) is 0. The molecule has 2 nitrogen and oxygen atoms in total. The van der Waals surface area contributed by atoms with E-state index >= 15 is 0 Å². The average Bonchev–Trinajstić information content (AvgIpc) is 2.59. The molecule has 2 rings (SSSR count). The van der Waals surface area contributed by atoms with Crippen molar-refractivity contribution in [3.63, 3.8) is 0 Å². The smallest absolute Gasteiger partial charge is 0.141 e. The highest BCUT2D eigenvalue weighted by molar-refractivity contribution is 4.83. The summed E-state index contributed by atoms with van der Waals surface area (Å²) in [5, 5.41) is 3.41. The molecule has 0 bridgehead atoms. The van der Waals surface area contributed by atoms with Crippen LogP contribution >= 0.6 is 0 Å². The van der Waals surface area contributed by atoms with Gasteiger partial charge in [0.2, 0.25) is 0 Å². The first kappa shape index (κ1) is 8.39. The number of nitrogens with zero attached hydrogens (tertiary/aromatic N) is 1. The van der Waals surface area contributed by atoms with Gasteiger partial charge in [-0.15, -0.1) is 0 Å². The van der Waals surface area contributed by atoms with E-state index in [0.29, 0.717) is 0 Å². The second-order valence-electron chi connectivity index (χ2n) is 4.03. The second kappa shape index (κ2) is 4.15. The molecule has 2 heterocycles. The number of hydrogen-bond donors (Lipinski definition) is 1. The molecule has 0 aliphatic carbocycles. The number of piperidine rings is 1. The Kier molecular flexibility index (Phi) is 2.90. The van der Waals surface area contributed by atoms with E-state index in [4.69, 9.17) is 0 Å². The summed E-state index contributed by atoms with van der Waals surface area (Å²) < 4.78 is 0. The molecule has 0 aromatic carbocycles. The van der Waals surface area contributed by atoms with Gasteiger partial charge < -0.3 is 5.32 Å². The molecular formula is C10H19N2+. The molecule has 68 valence electrons. The van der Waals surface area contributed by atoms with Crippen LogP contribution in [0.2, 0.25) is 0 Å². The first-order valence-electron chi connectivity index (χ1n) is 5.20. The number of rotatable bonds is 2. The molecule has 12 heavy (non-hydrogen) atoms. The van der Waals surface area contributed by atoms with Crippen LogP contribution in [-0.4, -0.2) is 37.6 Å². The Balaban J connectivity index is 1.69. The van der Waals surface area contributed by atoms with Crippen LogP contribution in [0, 0.1) is 12.3 Å². The topological polar surface area (TPSA) is 15.3 Å². The first-order valence-corrected chi connectivity index (χ1v) is 5.20. The molecule has 0 saturated carbocycles. The highest BCUT2D eigenvalue weighted by Gasteiger charge is 2.23. The minimum absolute atomic E-state index is 0.970. The number of likely N-dealkylation sites (tertiary alicyclic amines) is 1. The van der Waals surface area contributed by atoms with E-state index < -0.39 is 0 Å². The largest absolute Gasteiger partial charge is 0.317 e. The van der Waals surface area contributed by atoms with Gasteiger partial charge in [0.25, 0.3) is 0 Å². The maximum atomic E-state index is 3.41. The van der Waals surface area contributed by atoms with Crippen LogP contribution in [0.25, 0.3) is 0 Å². The molecule has 2 aliphatic heterocycles. The third-order valence-electron chi connectivity index (χ3n) is 3.01. The molecular weight excluding hydrogens is 148 g/mol. The third kappa shape index (κ3) is 2.14. The van der Waals surface area contributed by atoms with Gasteiger partial charge >= 0.3 is 0 Å². The van der Waals surface area contributed by atoms with Crippen LogP contribution in [0.4, 0.5) is 0 Å². The van der Waals surface area contributed by atoms with Crippen LogP contribution in [0.5, 0.6) is 0 Å². The molecule has 1 N–H and O–H groups in total. The van der Waals surface area contributed by atoms with Crippen molar-refractivity contribution in [3.8, 4) is 0 Å². The fraction of sp³-hybridized carbons (Fsp3) is 0.900. The van der Waals surface area contributed by atoms with Gasteiger partial charge in [-0.05, 0) is 31.8 Å². The molecule has 2 aliphatic rings. The highest BCUT2D eigenvalue weighted by atomic mass is 15.1. The Hall–Kier alpha value is -0.210. The maximum absolute atomic E-state index is 3.41. The Morgan fingerprint density at radius 3 is 2.83 bits per heavy atom. The lowest BCUT2D eigenvalue weighted by atomic mass is 9.98. The lowest BCUT2D eigenvalue weighted by molar-refractivity contribution is 0.243. The summed E-state index contributed by atoms with van der Waals surface area (Å²) >= 11 is 0. The van der Waals surface area contributed by atoms with Crippen molar-refractivity contribution in [1.29, 1.82) is 0 Å². The molecule has 2 heteroatoms. The molecule has 2 fully saturated rings. The molecule has 0 atom stereocenters. The Morgan fingerprint density at radius 2 is 2.17 bits per heavy atom. The fourth-order valence-electron chi connectivity index (χ4n) is 2.23. The van der Waals surface area contributed by atoms with E-state index in [1.807, 2.05) is 0 Å². The zero-order valence-corrected chi connectivity index (χ0v) is 7.76. The minimum Gasteiger partial charge on any atom is -0.317 e. The SMILES string of the molecule is [CH+]1CCN(CC2CCNCC2)C1. The molecule has 0 amide bonds. The number of hydrogen-bond acceptors (Lipinski definition) is 2. The number of nitrogens with one attached hydrogen (secondary N) is 1. The zero-order chi connectivity index (χ0) is 8.23. The van der Waals surface area contributed by atoms with E-state index in [2.05, 4.69) is 16.6 Å². The summed E-state index contributed by atoms with van der Waals surface area (Å²) in [7, 11) is 0. The van der Waals surface area contributed by atoms with Gasteiger partial charge in [-0.3, -0.25) is 4.90 Å². The molecule has 0 unspecified atom stereocenters. The van der Waals surface area contributed by atoms with Gasteiger partial charge in [0, 0.05) is 13.1 Å². The van der Waals surface area contributed by atoms with E-state index in [9.17, 15) is 0 Å². The van der Waals surface area contributed by atoms with E-state index in [-0.39, 0.29) is 0 Å². The molecule has 0 spiro atoms. The maximum Gasteiger partial charge on any atom is 0.141 e. The van der Waals surface area contributed by atoms with Crippen LogP contribution in [0.15, 0.2) is 0 Å². The summed E-state index contributed by atoms with van der Waals surface area (Å²) in [6, 6.07) is 0. The standard InChI is InChI=1S/C10H19N2/c1-2-8-12(7-1)9-10-3-5-11-6-4-10/h1,10-11H,2-9H2/q+1. The average molecular weight is 167 g/mol. The minimum atomic E-state index is 0.970. The monoisotopic (exact) mass is 167 g/mol. The Bertz CT molecular complexity index is 124. The van der Waals surface area contributed by atoms with E-state index in [1.54, 1.807) is 0 Å². The molecule has 0 aromatic rings. The van der Waals surface area contributed by atoms with Crippen LogP contribution in [0.1, 0.15) is 19.3 Å². The fourth-order valence-corrected chi connectivity index (χ4v) is 2.23. The van der Waals surface area contributed by atoms with Gasteiger partial charge in [-0.25, -0.2) is 0 Å². The van der Waals surface area contributed by atoms with Crippen LogP contribution in [-0.2, 0) is 0 Å². The third-order valence-corrected chi connectivity index (χ3v) is 3.01. The van der Waals surface area contributed by atoms with Crippen molar-refractivity contribution >= 4 is 0 Å². The van der Waals surface area contributed by atoms with Gasteiger partial charge in [0.1, 0.15) is 13.0 Å². The molecule has 0 radical (unpaired) electrons. The molecule has 2 saturated heterocycles. The van der Waals surface area contributed by atoms with Gasteiger partial charge in [0.15, 0.2) is 0 Å². The van der Waals surface area contributed by atoms with Crippen molar-refractivity contribution in [2.75, 3.05) is 32.7 Å². The summed E-state index contributed by atoms with van der Waals surface area (Å²) in [6.45, 7) is 6.37. The lowest BCUT2D eigenvalue weighted by Gasteiger charge is -2.25. The molecule has 0 aromatic heterocycles. The Labute approximate surface area is 75.3 Å². The Morgan fingerprint density at radius 1 is 1.33 bits per heavy atom. The van der Waals surface area contributed by atoms with Crippen molar-refractivity contribution in [3.05, 3.63) is 6.42 Å². The highest BCUT2D eigenvalue weighted by Crippen LogP contribution is 2.16. The zero-order valence-electron chi connectivity index (χ0n) is 7.76. The van der Waals surface area contributed by atoms with Gasteiger partial charge in [0.05, 0.1) is 6.42 Å². The lowest BCUT2D eigenvalue weighted by Crippen LogP contribution is -2.34. The van der Waals surface area contributed by atoms with Crippen LogP contribution < -0.4 is 5.32 Å². The summed E-state index contributed by atoms with van der Waals surface area (Å²) in [5.74, 6) is 0.970. The predicted molar refractivity (Wildman–Crippen MR) is 51.0 cm³/mol. The van der Waals surface area contributed by atoms with E-state index in [0.717, 1.165) is 5.92 Å². The van der Waals surface area contributed by atoms with Crippen molar-refractivity contribution in [1.82, 2.24) is 10.2 Å². The normalized spacial score (nSPS) is 27.3. The van der Waals surface area contributed by atoms with E-state index in [1.165, 1.54) is 52.0 Å². The quantitative estimate of drug-likeness (QED) is 0.615. The second-order valence-corrected chi connectivity index (χ2v) is 4.03. The predicted octanol–water partition coefficient (Wildman–Crippen LogP) is 0.896. The first-order chi connectivity index (χ1) is 5.95. The van der Waals surface area contributed by atoms with Gasteiger partial charge in [-0.2, -0.15) is 0 Å². The van der Waals surface area contributed by atoms with Gasteiger partial charge in [-0.1, -0.05) is 0 Å².